The van der Waals surface area contributed by atoms with Gasteiger partial charge in [0, 0.05) is 36.8 Å². The number of pyridine rings is 1. The van der Waals surface area contributed by atoms with Crippen LogP contribution in [0.15, 0.2) is 60.8 Å². The molecule has 32 heavy (non-hydrogen) atoms. The molecular formula is C25H20ClN3O3. The summed E-state index contributed by atoms with van der Waals surface area (Å²) in [4.78, 5) is 42.3. The number of amides is 3. The van der Waals surface area contributed by atoms with Gasteiger partial charge in [0.25, 0.3) is 5.91 Å². The van der Waals surface area contributed by atoms with E-state index in [4.69, 9.17) is 11.6 Å². The smallest absolute Gasteiger partial charge is 0.273 e. The molecule has 2 aromatic carbocycles. The number of halogens is 1. The van der Waals surface area contributed by atoms with Crippen molar-refractivity contribution in [1.82, 2.24) is 15.2 Å². The molecule has 0 radical (unpaired) electrons. The van der Waals surface area contributed by atoms with Crippen LogP contribution in [0.1, 0.15) is 45.9 Å². The lowest BCUT2D eigenvalue weighted by atomic mass is 9.88. The summed E-state index contributed by atoms with van der Waals surface area (Å²) in [5.74, 6) is -1.04. The predicted molar refractivity (Wildman–Crippen MR) is 120 cm³/mol. The lowest BCUT2D eigenvalue weighted by Crippen LogP contribution is -2.39. The first-order chi connectivity index (χ1) is 15.5. The van der Waals surface area contributed by atoms with Crippen molar-refractivity contribution in [3.8, 4) is 11.1 Å². The van der Waals surface area contributed by atoms with Crippen LogP contribution < -0.4 is 5.32 Å². The lowest BCUT2D eigenvalue weighted by Gasteiger charge is -2.23. The van der Waals surface area contributed by atoms with Crippen molar-refractivity contribution >= 4 is 29.3 Å². The standard InChI is InChI=1S/C25H20ClN3O3/c26-22-18(4-1-5-19(22)20-10-11-21(30)28-24(20)31)16-8-6-15(7-9-16)13-29-14-17-3-2-12-27-23(17)25(29)32/h1-9,12,20H,10-11,13-14H2,(H,28,30,31). The normalized spacial score (nSPS) is 18.0. The third-order valence-corrected chi connectivity index (χ3v) is 6.45. The van der Waals surface area contributed by atoms with Gasteiger partial charge >= 0.3 is 0 Å². The number of hydrogen-bond acceptors (Lipinski definition) is 4. The highest BCUT2D eigenvalue weighted by molar-refractivity contribution is 6.34. The van der Waals surface area contributed by atoms with Crippen LogP contribution in [0.5, 0.6) is 0 Å². The maximum absolute atomic E-state index is 12.6. The van der Waals surface area contributed by atoms with Gasteiger partial charge in [-0.3, -0.25) is 24.7 Å². The van der Waals surface area contributed by atoms with Crippen LogP contribution in [-0.4, -0.2) is 27.6 Å². The van der Waals surface area contributed by atoms with Crippen LogP contribution in [0, 0.1) is 0 Å². The summed E-state index contributed by atoms with van der Waals surface area (Å²) in [6, 6.07) is 17.3. The van der Waals surface area contributed by atoms with Gasteiger partial charge < -0.3 is 4.90 Å². The topological polar surface area (TPSA) is 79.4 Å². The number of carbonyl (C=O) groups is 3. The monoisotopic (exact) mass is 445 g/mol. The molecule has 160 valence electrons. The zero-order valence-corrected chi connectivity index (χ0v) is 17.9. The fraction of sp³-hybridized carbons (Fsp3) is 0.200. The number of carbonyl (C=O) groups excluding carboxylic acids is 3. The van der Waals surface area contributed by atoms with Crippen LogP contribution in [0.3, 0.4) is 0 Å². The van der Waals surface area contributed by atoms with E-state index in [2.05, 4.69) is 10.3 Å². The van der Waals surface area contributed by atoms with Crippen LogP contribution in [0.25, 0.3) is 11.1 Å². The lowest BCUT2D eigenvalue weighted by molar-refractivity contribution is -0.134. The molecule has 2 aliphatic heterocycles. The molecule has 2 aliphatic rings. The third-order valence-electron chi connectivity index (χ3n) is 6.02. The van der Waals surface area contributed by atoms with Crippen LogP contribution >= 0.6 is 11.6 Å². The van der Waals surface area contributed by atoms with E-state index in [0.29, 0.717) is 36.6 Å². The highest BCUT2D eigenvalue weighted by atomic mass is 35.5. The first-order valence-electron chi connectivity index (χ1n) is 10.5. The Morgan fingerprint density at radius 2 is 1.84 bits per heavy atom. The minimum atomic E-state index is -0.434. The first-order valence-corrected chi connectivity index (χ1v) is 10.8. The van der Waals surface area contributed by atoms with Crippen LogP contribution in [0.2, 0.25) is 5.02 Å². The average molecular weight is 446 g/mol. The van der Waals surface area contributed by atoms with Gasteiger partial charge in [0.2, 0.25) is 11.8 Å². The number of imide groups is 1. The summed E-state index contributed by atoms with van der Waals surface area (Å²) < 4.78 is 0. The minimum absolute atomic E-state index is 0.0512. The molecule has 0 spiro atoms. The second kappa shape index (κ2) is 8.20. The molecule has 1 atom stereocenters. The van der Waals surface area contributed by atoms with Crippen LogP contribution in [0.4, 0.5) is 0 Å². The Kier molecular flexibility index (Phi) is 5.23. The van der Waals surface area contributed by atoms with Crippen molar-refractivity contribution in [2.75, 3.05) is 0 Å². The van der Waals surface area contributed by atoms with Gasteiger partial charge in [0.05, 0.1) is 10.9 Å². The number of aromatic nitrogens is 1. The summed E-state index contributed by atoms with van der Waals surface area (Å²) in [5, 5.41) is 2.91. The zero-order chi connectivity index (χ0) is 22.2. The van der Waals surface area contributed by atoms with Gasteiger partial charge in [0.1, 0.15) is 5.69 Å². The highest BCUT2D eigenvalue weighted by Crippen LogP contribution is 2.37. The number of nitrogens with one attached hydrogen (secondary N) is 1. The molecule has 5 rings (SSSR count). The van der Waals surface area contributed by atoms with E-state index in [1.807, 2.05) is 54.6 Å². The molecule has 1 saturated heterocycles. The van der Waals surface area contributed by atoms with Gasteiger partial charge in [-0.25, -0.2) is 0 Å². The Labute approximate surface area is 190 Å². The maximum Gasteiger partial charge on any atom is 0.273 e. The summed E-state index contributed by atoms with van der Waals surface area (Å²) in [7, 11) is 0. The van der Waals surface area contributed by atoms with Crippen molar-refractivity contribution < 1.29 is 14.4 Å². The van der Waals surface area contributed by atoms with Gasteiger partial charge in [-0.2, -0.15) is 0 Å². The molecule has 3 amide bonds. The first kappa shape index (κ1) is 20.4. The van der Waals surface area contributed by atoms with Crippen LogP contribution in [-0.2, 0) is 22.7 Å². The SMILES string of the molecule is O=C1CCC(c2cccc(-c3ccc(CN4Cc5cccnc5C4=O)cc3)c2Cl)C(=O)N1. The molecule has 1 N–H and O–H groups in total. The van der Waals surface area contributed by atoms with Crippen molar-refractivity contribution in [3.05, 3.63) is 88.2 Å². The molecule has 3 aromatic rings. The Balaban J connectivity index is 1.35. The predicted octanol–water partition coefficient (Wildman–Crippen LogP) is 4.08. The molecule has 0 saturated carbocycles. The molecule has 1 aromatic heterocycles. The third kappa shape index (κ3) is 3.67. The van der Waals surface area contributed by atoms with Gasteiger partial charge in [-0.15, -0.1) is 0 Å². The van der Waals surface area contributed by atoms with Crippen molar-refractivity contribution in [2.45, 2.75) is 31.8 Å². The van der Waals surface area contributed by atoms with E-state index >= 15 is 0 Å². The fourth-order valence-corrected chi connectivity index (χ4v) is 4.72. The van der Waals surface area contributed by atoms with Crippen molar-refractivity contribution in [2.24, 2.45) is 0 Å². The summed E-state index contributed by atoms with van der Waals surface area (Å²) in [6.45, 7) is 1.06. The Bertz CT molecular complexity index is 1240. The molecule has 6 nitrogen and oxygen atoms in total. The van der Waals surface area contributed by atoms with E-state index in [-0.39, 0.29) is 17.7 Å². The quantitative estimate of drug-likeness (QED) is 0.614. The molecule has 7 heteroatoms. The number of hydrogen-bond donors (Lipinski definition) is 1. The van der Waals surface area contributed by atoms with E-state index in [1.54, 1.807) is 11.1 Å². The second-order valence-corrected chi connectivity index (χ2v) is 8.46. The highest BCUT2D eigenvalue weighted by Gasteiger charge is 2.30. The summed E-state index contributed by atoms with van der Waals surface area (Å²) >= 11 is 6.70. The van der Waals surface area contributed by atoms with E-state index in [1.165, 1.54) is 0 Å². The molecule has 0 aliphatic carbocycles. The van der Waals surface area contributed by atoms with Crippen molar-refractivity contribution in [1.29, 1.82) is 0 Å². The average Bonchev–Trinajstić information content (AvgIpc) is 3.10. The summed E-state index contributed by atoms with van der Waals surface area (Å²) in [5.41, 5.74) is 4.96. The molecule has 0 bridgehead atoms. The van der Waals surface area contributed by atoms with E-state index < -0.39 is 5.92 Å². The van der Waals surface area contributed by atoms with E-state index in [9.17, 15) is 14.4 Å². The molecular weight excluding hydrogens is 426 g/mol. The van der Waals surface area contributed by atoms with Gasteiger partial charge in [-0.1, -0.05) is 60.1 Å². The minimum Gasteiger partial charge on any atom is -0.329 e. The number of nitrogens with zero attached hydrogens (tertiary/aromatic N) is 2. The molecule has 1 fully saturated rings. The Morgan fingerprint density at radius 1 is 1.03 bits per heavy atom. The van der Waals surface area contributed by atoms with Gasteiger partial charge in [0.15, 0.2) is 0 Å². The molecule has 1 unspecified atom stereocenters. The number of fused-ring (bicyclic) bond motifs is 1. The second-order valence-electron chi connectivity index (χ2n) is 8.08. The zero-order valence-electron chi connectivity index (χ0n) is 17.2. The number of benzene rings is 2. The Hall–Kier alpha value is -3.51. The Morgan fingerprint density at radius 3 is 2.59 bits per heavy atom. The maximum atomic E-state index is 12.6. The van der Waals surface area contributed by atoms with E-state index in [0.717, 1.165) is 27.8 Å². The van der Waals surface area contributed by atoms with Crippen molar-refractivity contribution in [3.63, 3.8) is 0 Å². The number of piperidine rings is 1. The summed E-state index contributed by atoms with van der Waals surface area (Å²) in [6.07, 6.45) is 2.40. The number of rotatable bonds is 4. The fourth-order valence-electron chi connectivity index (χ4n) is 4.36. The molecule has 3 heterocycles. The largest absolute Gasteiger partial charge is 0.329 e. The van der Waals surface area contributed by atoms with Gasteiger partial charge in [-0.05, 0) is 29.2 Å².